The number of H-pyrrole nitrogens is 1. The second-order valence-electron chi connectivity index (χ2n) is 5.13. The molecule has 0 aliphatic carbocycles. The van der Waals surface area contributed by atoms with E-state index in [-0.39, 0.29) is 32.8 Å². The van der Waals surface area contributed by atoms with E-state index in [4.69, 9.17) is 17.3 Å². The second-order valence-corrected chi connectivity index (χ2v) is 5.57. The summed E-state index contributed by atoms with van der Waals surface area (Å²) in [6, 6.07) is 7.24. The molecule has 124 valence electrons. The molecule has 0 aliphatic rings. The van der Waals surface area contributed by atoms with Crippen molar-refractivity contribution in [2.75, 3.05) is 5.73 Å². The standard InChI is InChI=1S/C16H10ClF3N2O2/c17-7-4-5-11(23)8(6-7)12-13-9(16(18,19)20)2-1-3-10(13)22-15(24)14(12)21/h1-6,23H,21H2,(H,22,24). The molecule has 0 aliphatic heterocycles. The molecule has 0 amide bonds. The molecule has 0 saturated heterocycles. The lowest BCUT2D eigenvalue weighted by atomic mass is 9.95. The van der Waals surface area contributed by atoms with Crippen LogP contribution in [0.5, 0.6) is 5.75 Å². The van der Waals surface area contributed by atoms with Gasteiger partial charge in [-0.15, -0.1) is 0 Å². The molecule has 0 bridgehead atoms. The van der Waals surface area contributed by atoms with Crippen LogP contribution in [0.25, 0.3) is 22.0 Å². The molecular weight excluding hydrogens is 345 g/mol. The predicted octanol–water partition coefficient (Wildman–Crippen LogP) is 4.16. The lowest BCUT2D eigenvalue weighted by Gasteiger charge is -2.16. The minimum Gasteiger partial charge on any atom is -0.507 e. The predicted molar refractivity (Wildman–Crippen MR) is 86.1 cm³/mol. The molecule has 4 nitrogen and oxygen atoms in total. The monoisotopic (exact) mass is 354 g/mol. The number of nitrogens with one attached hydrogen (secondary N) is 1. The van der Waals surface area contributed by atoms with Gasteiger partial charge in [0.25, 0.3) is 5.56 Å². The van der Waals surface area contributed by atoms with E-state index in [1.165, 1.54) is 30.3 Å². The van der Waals surface area contributed by atoms with Gasteiger partial charge in [0, 0.05) is 27.1 Å². The van der Waals surface area contributed by atoms with Crippen molar-refractivity contribution in [1.29, 1.82) is 0 Å². The van der Waals surface area contributed by atoms with E-state index in [1.54, 1.807) is 0 Å². The first-order valence-electron chi connectivity index (χ1n) is 6.70. The van der Waals surface area contributed by atoms with Crippen LogP contribution in [0.4, 0.5) is 18.9 Å². The molecule has 1 aromatic heterocycles. The summed E-state index contributed by atoms with van der Waals surface area (Å²) in [6.07, 6.45) is -4.67. The van der Waals surface area contributed by atoms with Gasteiger partial charge < -0.3 is 15.8 Å². The quantitative estimate of drug-likeness (QED) is 0.614. The molecule has 3 aromatic rings. The Morgan fingerprint density at radius 1 is 1.17 bits per heavy atom. The number of nitrogens with two attached hydrogens (primary N) is 1. The van der Waals surface area contributed by atoms with Gasteiger partial charge in [0.05, 0.1) is 5.56 Å². The van der Waals surface area contributed by atoms with Crippen LogP contribution in [0, 0.1) is 0 Å². The van der Waals surface area contributed by atoms with Crippen LogP contribution in [-0.4, -0.2) is 10.1 Å². The Labute approximate surface area is 138 Å². The van der Waals surface area contributed by atoms with Crippen molar-refractivity contribution in [1.82, 2.24) is 4.98 Å². The highest BCUT2D eigenvalue weighted by Gasteiger charge is 2.34. The topological polar surface area (TPSA) is 79.1 Å². The third-order valence-corrected chi connectivity index (χ3v) is 3.85. The average Bonchev–Trinajstić information content (AvgIpc) is 2.50. The van der Waals surface area contributed by atoms with E-state index in [0.29, 0.717) is 0 Å². The number of benzene rings is 2. The average molecular weight is 355 g/mol. The minimum absolute atomic E-state index is 0.0431. The first-order valence-corrected chi connectivity index (χ1v) is 7.08. The van der Waals surface area contributed by atoms with Crippen molar-refractivity contribution in [2.45, 2.75) is 6.18 Å². The zero-order valence-electron chi connectivity index (χ0n) is 11.9. The fourth-order valence-corrected chi connectivity index (χ4v) is 2.76. The molecular formula is C16H10ClF3N2O2. The van der Waals surface area contributed by atoms with Crippen molar-refractivity contribution in [2.24, 2.45) is 0 Å². The molecule has 2 aromatic carbocycles. The Morgan fingerprint density at radius 2 is 1.88 bits per heavy atom. The number of aromatic amines is 1. The molecule has 3 rings (SSSR count). The smallest absolute Gasteiger partial charge is 0.417 e. The van der Waals surface area contributed by atoms with Crippen LogP contribution in [-0.2, 0) is 6.18 Å². The fourth-order valence-electron chi connectivity index (χ4n) is 2.59. The highest BCUT2D eigenvalue weighted by molar-refractivity contribution is 6.31. The van der Waals surface area contributed by atoms with Gasteiger partial charge in [-0.1, -0.05) is 17.7 Å². The zero-order chi connectivity index (χ0) is 17.6. The SMILES string of the molecule is Nc1c(-c2cc(Cl)ccc2O)c2c(C(F)(F)F)cccc2[nH]c1=O. The Balaban J connectivity index is 2.57. The number of phenols is 1. The lowest BCUT2D eigenvalue weighted by Crippen LogP contribution is -2.16. The van der Waals surface area contributed by atoms with Crippen LogP contribution >= 0.6 is 11.6 Å². The largest absolute Gasteiger partial charge is 0.507 e. The van der Waals surface area contributed by atoms with Crippen molar-refractivity contribution < 1.29 is 18.3 Å². The molecule has 0 saturated carbocycles. The second kappa shape index (κ2) is 5.45. The minimum atomic E-state index is -4.67. The summed E-state index contributed by atoms with van der Waals surface area (Å²) in [6.45, 7) is 0. The first-order chi connectivity index (χ1) is 11.2. The fraction of sp³-hybridized carbons (Fsp3) is 0.0625. The molecule has 0 atom stereocenters. The summed E-state index contributed by atoms with van der Waals surface area (Å²) in [5, 5.41) is 9.92. The summed E-state index contributed by atoms with van der Waals surface area (Å²) in [4.78, 5) is 14.3. The number of anilines is 1. The van der Waals surface area contributed by atoms with Crippen LogP contribution in [0.1, 0.15) is 5.56 Å². The van der Waals surface area contributed by atoms with Gasteiger partial charge in [-0.25, -0.2) is 0 Å². The van der Waals surface area contributed by atoms with Gasteiger partial charge >= 0.3 is 6.18 Å². The number of fused-ring (bicyclic) bond motifs is 1. The van der Waals surface area contributed by atoms with Gasteiger partial charge in [-0.2, -0.15) is 13.2 Å². The highest BCUT2D eigenvalue weighted by atomic mass is 35.5. The van der Waals surface area contributed by atoms with Crippen molar-refractivity contribution in [3.05, 3.63) is 57.3 Å². The van der Waals surface area contributed by atoms with E-state index in [2.05, 4.69) is 4.98 Å². The van der Waals surface area contributed by atoms with Crippen LogP contribution in [0.2, 0.25) is 5.02 Å². The number of hydrogen-bond donors (Lipinski definition) is 3. The van der Waals surface area contributed by atoms with Crippen molar-refractivity contribution in [3.63, 3.8) is 0 Å². The molecule has 0 fully saturated rings. The molecule has 1 heterocycles. The Kier molecular flexibility index (Phi) is 3.68. The van der Waals surface area contributed by atoms with Gasteiger partial charge in [0.15, 0.2) is 0 Å². The van der Waals surface area contributed by atoms with Crippen LogP contribution in [0.3, 0.4) is 0 Å². The van der Waals surface area contributed by atoms with Gasteiger partial charge in [0.2, 0.25) is 0 Å². The van der Waals surface area contributed by atoms with E-state index in [1.807, 2.05) is 0 Å². The van der Waals surface area contributed by atoms with E-state index in [0.717, 1.165) is 6.07 Å². The molecule has 8 heteroatoms. The van der Waals surface area contributed by atoms with E-state index in [9.17, 15) is 23.1 Å². The molecule has 0 spiro atoms. The normalized spacial score (nSPS) is 11.8. The van der Waals surface area contributed by atoms with Crippen LogP contribution < -0.4 is 11.3 Å². The number of nitrogen functional groups attached to an aromatic ring is 1. The number of aromatic nitrogens is 1. The van der Waals surface area contributed by atoms with Gasteiger partial charge in [-0.3, -0.25) is 4.79 Å². The first kappa shape index (κ1) is 16.2. The number of halogens is 4. The molecule has 4 N–H and O–H groups in total. The number of aromatic hydroxyl groups is 1. The maximum atomic E-state index is 13.4. The number of hydrogen-bond acceptors (Lipinski definition) is 3. The number of phenolic OH excluding ortho intramolecular Hbond substituents is 1. The maximum absolute atomic E-state index is 13.4. The molecule has 0 radical (unpaired) electrons. The Morgan fingerprint density at radius 3 is 2.54 bits per heavy atom. The maximum Gasteiger partial charge on any atom is 0.417 e. The van der Waals surface area contributed by atoms with Crippen LogP contribution in [0.15, 0.2) is 41.2 Å². The summed E-state index contributed by atoms with van der Waals surface area (Å²) >= 11 is 5.88. The number of alkyl halides is 3. The Bertz CT molecular complexity index is 1010. The number of pyridine rings is 1. The summed E-state index contributed by atoms with van der Waals surface area (Å²) in [7, 11) is 0. The molecule has 24 heavy (non-hydrogen) atoms. The summed E-state index contributed by atoms with van der Waals surface area (Å²) in [5.74, 6) is -0.338. The van der Waals surface area contributed by atoms with Crippen molar-refractivity contribution >= 4 is 28.2 Å². The third-order valence-electron chi connectivity index (χ3n) is 3.61. The Hall–Kier alpha value is -2.67. The molecule has 0 unspecified atom stereocenters. The van der Waals surface area contributed by atoms with Crippen molar-refractivity contribution in [3.8, 4) is 16.9 Å². The third kappa shape index (κ3) is 2.56. The van der Waals surface area contributed by atoms with E-state index < -0.39 is 23.0 Å². The number of rotatable bonds is 1. The van der Waals surface area contributed by atoms with Gasteiger partial charge in [0.1, 0.15) is 11.4 Å². The highest BCUT2D eigenvalue weighted by Crippen LogP contribution is 2.43. The van der Waals surface area contributed by atoms with E-state index >= 15 is 0 Å². The summed E-state index contributed by atoms with van der Waals surface area (Å²) < 4.78 is 40.2. The van der Waals surface area contributed by atoms with Gasteiger partial charge in [-0.05, 0) is 30.3 Å². The summed E-state index contributed by atoms with van der Waals surface area (Å²) in [5.41, 5.74) is 3.29. The zero-order valence-corrected chi connectivity index (χ0v) is 12.7. The lowest BCUT2D eigenvalue weighted by molar-refractivity contribution is -0.136.